The summed E-state index contributed by atoms with van der Waals surface area (Å²) in [6.45, 7) is 7.54. The lowest BCUT2D eigenvalue weighted by Crippen LogP contribution is -2.46. The number of rotatable bonds is 11. The Balaban J connectivity index is 2.82. The Labute approximate surface area is 178 Å². The highest BCUT2D eigenvalue weighted by molar-refractivity contribution is 7.89. The van der Waals surface area contributed by atoms with Crippen molar-refractivity contribution in [3.05, 3.63) is 29.8 Å². The van der Waals surface area contributed by atoms with E-state index in [-0.39, 0.29) is 22.9 Å². The average Bonchev–Trinajstić information content (AvgIpc) is 2.71. The Kier molecular flexibility index (Phi) is 9.94. The van der Waals surface area contributed by atoms with E-state index in [0.717, 1.165) is 0 Å². The van der Waals surface area contributed by atoms with E-state index < -0.39 is 33.8 Å². The second-order valence-corrected chi connectivity index (χ2v) is 9.01. The molecular weight excluding hydrogens is 410 g/mol. The molecule has 0 aliphatic heterocycles. The first-order valence-corrected chi connectivity index (χ1v) is 11.3. The number of nitrogens with one attached hydrogen (secondary N) is 2. The summed E-state index contributed by atoms with van der Waals surface area (Å²) in [7, 11) is -2.47. The molecule has 0 aromatic heterocycles. The monoisotopic (exact) mass is 441 g/mol. The highest BCUT2D eigenvalue weighted by atomic mass is 32.2. The summed E-state index contributed by atoms with van der Waals surface area (Å²) in [4.78, 5) is 36.3. The van der Waals surface area contributed by atoms with Crippen molar-refractivity contribution in [2.75, 3.05) is 26.7 Å². The van der Waals surface area contributed by atoms with Crippen molar-refractivity contribution in [3.8, 4) is 0 Å². The van der Waals surface area contributed by atoms with Gasteiger partial charge in [-0.1, -0.05) is 33.8 Å². The van der Waals surface area contributed by atoms with Gasteiger partial charge in [-0.05, 0) is 30.5 Å². The van der Waals surface area contributed by atoms with Gasteiger partial charge in [0.2, 0.25) is 15.9 Å². The standard InChI is InChI=1S/C20H31N3O6S/c1-6-23(7-2)30(27,28)16-10-8-9-15(12-16)19(25)21-13-18(24)22-17(11-14(3)4)20(26)29-5/h8-10,12,14,17H,6-7,11,13H2,1-5H3,(H,21,25)(H,22,24). The maximum absolute atomic E-state index is 12.6. The summed E-state index contributed by atoms with van der Waals surface area (Å²) in [5, 5.41) is 4.98. The van der Waals surface area contributed by atoms with E-state index in [0.29, 0.717) is 19.5 Å². The first kappa shape index (κ1) is 25.6. The van der Waals surface area contributed by atoms with Gasteiger partial charge in [-0.25, -0.2) is 13.2 Å². The fraction of sp³-hybridized carbons (Fsp3) is 0.550. The summed E-state index contributed by atoms with van der Waals surface area (Å²) >= 11 is 0. The van der Waals surface area contributed by atoms with Crippen molar-refractivity contribution in [3.63, 3.8) is 0 Å². The molecule has 9 nitrogen and oxygen atoms in total. The largest absolute Gasteiger partial charge is 0.467 e. The van der Waals surface area contributed by atoms with E-state index in [1.807, 2.05) is 13.8 Å². The van der Waals surface area contributed by atoms with E-state index in [4.69, 9.17) is 0 Å². The minimum absolute atomic E-state index is 0.00555. The Bertz CT molecular complexity index is 850. The second kappa shape index (κ2) is 11.7. The number of methoxy groups -OCH3 is 1. The van der Waals surface area contributed by atoms with Crippen LogP contribution in [-0.4, -0.2) is 63.3 Å². The number of sulfonamides is 1. The molecule has 10 heteroatoms. The van der Waals surface area contributed by atoms with Gasteiger partial charge in [0.15, 0.2) is 0 Å². The molecule has 0 saturated heterocycles. The van der Waals surface area contributed by atoms with Gasteiger partial charge in [-0.3, -0.25) is 9.59 Å². The predicted octanol–water partition coefficient (Wildman–Crippen LogP) is 1.15. The number of amides is 2. The molecule has 0 bridgehead atoms. The number of benzene rings is 1. The van der Waals surface area contributed by atoms with E-state index in [2.05, 4.69) is 15.4 Å². The van der Waals surface area contributed by atoms with Crippen molar-refractivity contribution in [1.29, 1.82) is 0 Å². The summed E-state index contributed by atoms with van der Waals surface area (Å²) in [6.07, 6.45) is 0.400. The third-order valence-corrected chi connectivity index (χ3v) is 6.42. The molecule has 0 radical (unpaired) electrons. The molecule has 168 valence electrons. The molecule has 0 fully saturated rings. The van der Waals surface area contributed by atoms with Crippen LogP contribution in [0.4, 0.5) is 0 Å². The summed E-state index contributed by atoms with van der Waals surface area (Å²) < 4.78 is 31.2. The average molecular weight is 442 g/mol. The zero-order valence-electron chi connectivity index (χ0n) is 18.1. The third-order valence-electron chi connectivity index (χ3n) is 4.38. The number of ether oxygens (including phenoxy) is 1. The van der Waals surface area contributed by atoms with E-state index >= 15 is 0 Å². The molecule has 1 aromatic carbocycles. The van der Waals surface area contributed by atoms with E-state index in [1.54, 1.807) is 13.8 Å². The van der Waals surface area contributed by atoms with Crippen LogP contribution < -0.4 is 10.6 Å². The molecule has 2 N–H and O–H groups in total. The van der Waals surface area contributed by atoms with Crippen molar-refractivity contribution in [2.45, 2.75) is 45.1 Å². The van der Waals surface area contributed by atoms with Crippen LogP contribution in [0, 0.1) is 5.92 Å². The number of hydrogen-bond acceptors (Lipinski definition) is 6. The Morgan fingerprint density at radius 2 is 1.77 bits per heavy atom. The lowest BCUT2D eigenvalue weighted by molar-refractivity contribution is -0.145. The van der Waals surface area contributed by atoms with Gasteiger partial charge in [0, 0.05) is 18.7 Å². The van der Waals surface area contributed by atoms with Crippen LogP contribution in [0.15, 0.2) is 29.2 Å². The number of carbonyl (C=O) groups is 3. The van der Waals surface area contributed by atoms with Crippen LogP contribution >= 0.6 is 0 Å². The highest BCUT2D eigenvalue weighted by Gasteiger charge is 2.24. The molecule has 2 amide bonds. The third kappa shape index (κ3) is 7.10. The molecular formula is C20H31N3O6S. The SMILES string of the molecule is CCN(CC)S(=O)(=O)c1cccc(C(=O)NCC(=O)NC(CC(C)C)C(=O)OC)c1. The van der Waals surface area contributed by atoms with Crippen LogP contribution in [0.1, 0.15) is 44.5 Å². The molecule has 0 aliphatic rings. The van der Waals surface area contributed by atoms with Crippen LogP contribution in [0.2, 0.25) is 0 Å². The van der Waals surface area contributed by atoms with Gasteiger partial charge >= 0.3 is 5.97 Å². The normalized spacial score (nSPS) is 12.5. The number of hydrogen-bond donors (Lipinski definition) is 2. The Morgan fingerprint density at radius 1 is 1.13 bits per heavy atom. The van der Waals surface area contributed by atoms with Crippen LogP contribution in [0.3, 0.4) is 0 Å². The van der Waals surface area contributed by atoms with Gasteiger partial charge in [0.1, 0.15) is 6.04 Å². The maximum atomic E-state index is 12.6. The first-order chi connectivity index (χ1) is 14.1. The lowest BCUT2D eigenvalue weighted by Gasteiger charge is -2.19. The number of nitrogens with zero attached hydrogens (tertiary/aromatic N) is 1. The molecule has 0 heterocycles. The zero-order valence-corrected chi connectivity index (χ0v) is 18.9. The molecule has 30 heavy (non-hydrogen) atoms. The molecule has 1 unspecified atom stereocenters. The molecule has 1 atom stereocenters. The van der Waals surface area contributed by atoms with Gasteiger partial charge < -0.3 is 15.4 Å². The Morgan fingerprint density at radius 3 is 2.30 bits per heavy atom. The van der Waals surface area contributed by atoms with E-state index in [1.165, 1.54) is 35.7 Å². The number of esters is 1. The fourth-order valence-corrected chi connectivity index (χ4v) is 4.35. The smallest absolute Gasteiger partial charge is 0.328 e. The van der Waals surface area contributed by atoms with Crippen molar-refractivity contribution < 1.29 is 27.5 Å². The first-order valence-electron chi connectivity index (χ1n) is 9.82. The van der Waals surface area contributed by atoms with Gasteiger partial charge in [0.25, 0.3) is 5.91 Å². The van der Waals surface area contributed by atoms with Gasteiger partial charge in [-0.2, -0.15) is 4.31 Å². The van der Waals surface area contributed by atoms with Crippen LogP contribution in [0.5, 0.6) is 0 Å². The number of carbonyl (C=O) groups excluding carboxylic acids is 3. The van der Waals surface area contributed by atoms with Crippen LogP contribution in [0.25, 0.3) is 0 Å². The second-order valence-electron chi connectivity index (χ2n) is 7.07. The minimum Gasteiger partial charge on any atom is -0.467 e. The van der Waals surface area contributed by atoms with Gasteiger partial charge in [-0.15, -0.1) is 0 Å². The molecule has 0 saturated carbocycles. The summed E-state index contributed by atoms with van der Waals surface area (Å²) in [5.74, 6) is -1.55. The fourth-order valence-electron chi connectivity index (χ4n) is 2.85. The molecule has 1 aromatic rings. The topological polar surface area (TPSA) is 122 Å². The van der Waals surface area contributed by atoms with Gasteiger partial charge in [0.05, 0.1) is 18.6 Å². The minimum atomic E-state index is -3.71. The predicted molar refractivity (Wildman–Crippen MR) is 112 cm³/mol. The maximum Gasteiger partial charge on any atom is 0.328 e. The zero-order chi connectivity index (χ0) is 22.9. The Hall–Kier alpha value is -2.46. The van der Waals surface area contributed by atoms with Crippen LogP contribution in [-0.2, 0) is 24.3 Å². The molecule has 0 aliphatic carbocycles. The highest BCUT2D eigenvalue weighted by Crippen LogP contribution is 2.17. The summed E-state index contributed by atoms with van der Waals surface area (Å²) in [6, 6.07) is 4.83. The van der Waals surface area contributed by atoms with Crippen molar-refractivity contribution >= 4 is 27.8 Å². The molecule has 1 rings (SSSR count). The lowest BCUT2D eigenvalue weighted by atomic mass is 10.0. The molecule has 0 spiro atoms. The van der Waals surface area contributed by atoms with E-state index in [9.17, 15) is 22.8 Å². The quantitative estimate of drug-likeness (QED) is 0.497. The van der Waals surface area contributed by atoms with Crippen molar-refractivity contribution in [2.24, 2.45) is 5.92 Å². The van der Waals surface area contributed by atoms with Crippen molar-refractivity contribution in [1.82, 2.24) is 14.9 Å². The summed E-state index contributed by atoms with van der Waals surface area (Å²) in [5.41, 5.74) is 0.114.